The van der Waals surface area contributed by atoms with Gasteiger partial charge in [0.05, 0.1) is 4.83 Å². The van der Waals surface area contributed by atoms with Gasteiger partial charge in [-0.15, -0.1) is 11.3 Å². The summed E-state index contributed by atoms with van der Waals surface area (Å²) < 4.78 is 1.12. The van der Waals surface area contributed by atoms with Gasteiger partial charge in [-0.2, -0.15) is 0 Å². The first-order chi connectivity index (χ1) is 7.18. The average molecular weight is 346 g/mol. The first-order valence-electron chi connectivity index (χ1n) is 4.62. The minimum absolute atomic E-state index is 0.311. The zero-order valence-electron chi connectivity index (χ0n) is 8.21. The first-order valence-corrected chi connectivity index (χ1v) is 7.21. The molecule has 0 aliphatic heterocycles. The molecular weight excluding hydrogens is 336 g/mol. The Morgan fingerprint density at radius 1 is 1.13 bits per heavy atom. The van der Waals surface area contributed by atoms with E-state index in [2.05, 4.69) is 74.5 Å². The molecule has 1 unspecified atom stereocenters. The highest BCUT2D eigenvalue weighted by Gasteiger charge is 2.13. The van der Waals surface area contributed by atoms with Crippen LogP contribution in [0.2, 0.25) is 0 Å². The molecule has 1 heterocycles. The lowest BCUT2D eigenvalue weighted by molar-refractivity contribution is 1.19. The average Bonchev–Trinajstić information content (AvgIpc) is 2.65. The van der Waals surface area contributed by atoms with Gasteiger partial charge in [0.25, 0.3) is 0 Å². The molecule has 0 amide bonds. The third-order valence-electron chi connectivity index (χ3n) is 2.29. The van der Waals surface area contributed by atoms with Crippen LogP contribution in [0.15, 0.2) is 40.2 Å². The zero-order valence-corrected chi connectivity index (χ0v) is 12.2. The Morgan fingerprint density at radius 3 is 2.33 bits per heavy atom. The van der Waals surface area contributed by atoms with Crippen LogP contribution in [0.1, 0.15) is 20.8 Å². The number of halogens is 2. The third kappa shape index (κ3) is 2.52. The number of alkyl halides is 1. The predicted molar refractivity (Wildman–Crippen MR) is 74.0 cm³/mol. The molecular formula is C12H10Br2S. The molecule has 0 spiro atoms. The van der Waals surface area contributed by atoms with E-state index in [-0.39, 0.29) is 0 Å². The molecule has 0 nitrogen and oxygen atoms in total. The lowest BCUT2D eigenvalue weighted by Gasteiger charge is -2.09. The fraction of sp³-hybridized carbons (Fsp3) is 0.167. The Balaban J connectivity index is 2.32. The molecule has 1 aromatic carbocycles. The molecule has 2 aromatic rings. The van der Waals surface area contributed by atoms with E-state index < -0.39 is 0 Å². The molecule has 0 saturated carbocycles. The Kier molecular flexibility index (Phi) is 3.65. The molecule has 0 N–H and O–H groups in total. The van der Waals surface area contributed by atoms with Gasteiger partial charge in [-0.1, -0.05) is 44.0 Å². The van der Waals surface area contributed by atoms with Crippen molar-refractivity contribution in [2.24, 2.45) is 0 Å². The summed E-state index contributed by atoms with van der Waals surface area (Å²) >= 11 is 8.99. The van der Waals surface area contributed by atoms with Gasteiger partial charge >= 0.3 is 0 Å². The van der Waals surface area contributed by atoms with E-state index in [9.17, 15) is 0 Å². The second-order valence-electron chi connectivity index (χ2n) is 3.38. The summed E-state index contributed by atoms with van der Waals surface area (Å²) in [4.78, 5) is 1.70. The maximum absolute atomic E-state index is 3.74. The normalized spacial score (nSPS) is 12.7. The van der Waals surface area contributed by atoms with Crippen LogP contribution in [0.4, 0.5) is 0 Å². The molecule has 3 heteroatoms. The van der Waals surface area contributed by atoms with E-state index in [0.717, 1.165) is 4.47 Å². The molecule has 0 aliphatic carbocycles. The second kappa shape index (κ2) is 4.81. The van der Waals surface area contributed by atoms with Crippen LogP contribution in [-0.2, 0) is 0 Å². The molecule has 78 valence electrons. The zero-order chi connectivity index (χ0) is 10.8. The molecule has 1 aromatic heterocycles. The van der Waals surface area contributed by atoms with Crippen LogP contribution in [0, 0.1) is 6.92 Å². The van der Waals surface area contributed by atoms with Crippen molar-refractivity contribution in [1.29, 1.82) is 0 Å². The summed E-state index contributed by atoms with van der Waals surface area (Å²) in [7, 11) is 0. The SMILES string of the molecule is Cc1ccsc1C(Br)c1ccc(Br)cc1. The van der Waals surface area contributed by atoms with Crippen LogP contribution in [0.3, 0.4) is 0 Å². The molecule has 1 atom stereocenters. The number of rotatable bonds is 2. The van der Waals surface area contributed by atoms with Gasteiger partial charge in [0, 0.05) is 9.35 Å². The maximum atomic E-state index is 3.74. The van der Waals surface area contributed by atoms with Gasteiger partial charge in [0.2, 0.25) is 0 Å². The molecule has 2 rings (SSSR count). The standard InChI is InChI=1S/C12H10Br2S/c1-8-6-7-15-12(8)11(14)9-2-4-10(13)5-3-9/h2-7,11H,1H3. The van der Waals surface area contributed by atoms with Crippen molar-refractivity contribution in [3.8, 4) is 0 Å². The summed E-state index contributed by atoms with van der Waals surface area (Å²) in [5.74, 6) is 0. The highest BCUT2D eigenvalue weighted by atomic mass is 79.9. The second-order valence-corrected chi connectivity index (χ2v) is 6.16. The van der Waals surface area contributed by atoms with Gasteiger partial charge in [-0.25, -0.2) is 0 Å². The van der Waals surface area contributed by atoms with Gasteiger partial charge in [-0.3, -0.25) is 0 Å². The van der Waals surface area contributed by atoms with Crippen molar-refractivity contribution < 1.29 is 0 Å². The minimum atomic E-state index is 0.311. The molecule has 0 saturated heterocycles. The number of benzene rings is 1. The number of thiophene rings is 1. The number of hydrogen-bond donors (Lipinski definition) is 0. The highest BCUT2D eigenvalue weighted by molar-refractivity contribution is 9.10. The van der Waals surface area contributed by atoms with E-state index in [4.69, 9.17) is 0 Å². The van der Waals surface area contributed by atoms with Crippen molar-refractivity contribution in [2.45, 2.75) is 11.8 Å². The van der Waals surface area contributed by atoms with Crippen molar-refractivity contribution in [1.82, 2.24) is 0 Å². The van der Waals surface area contributed by atoms with Crippen LogP contribution < -0.4 is 0 Å². The number of aryl methyl sites for hydroxylation is 1. The monoisotopic (exact) mass is 344 g/mol. The quantitative estimate of drug-likeness (QED) is 0.647. The van der Waals surface area contributed by atoms with Crippen LogP contribution in [-0.4, -0.2) is 0 Å². The van der Waals surface area contributed by atoms with Crippen LogP contribution in [0.5, 0.6) is 0 Å². The largest absolute Gasteiger partial charge is 0.147 e. The molecule has 0 radical (unpaired) electrons. The topological polar surface area (TPSA) is 0 Å². The van der Waals surface area contributed by atoms with E-state index in [0.29, 0.717) is 4.83 Å². The van der Waals surface area contributed by atoms with Crippen LogP contribution in [0.25, 0.3) is 0 Å². The summed E-state index contributed by atoms with van der Waals surface area (Å²) in [5.41, 5.74) is 2.65. The van der Waals surface area contributed by atoms with Crippen molar-refractivity contribution in [3.05, 3.63) is 56.2 Å². The lowest BCUT2D eigenvalue weighted by atomic mass is 10.1. The fourth-order valence-corrected chi connectivity index (χ4v) is 3.61. The first kappa shape index (κ1) is 11.4. The Morgan fingerprint density at radius 2 is 1.80 bits per heavy atom. The van der Waals surface area contributed by atoms with Gasteiger partial charge in [-0.05, 0) is 41.6 Å². The van der Waals surface area contributed by atoms with Gasteiger partial charge in [0.15, 0.2) is 0 Å². The van der Waals surface area contributed by atoms with E-state index in [1.165, 1.54) is 16.0 Å². The summed E-state index contributed by atoms with van der Waals surface area (Å²) in [6, 6.07) is 10.6. The van der Waals surface area contributed by atoms with E-state index >= 15 is 0 Å². The Labute approximate surface area is 111 Å². The molecule has 0 fully saturated rings. The fourth-order valence-electron chi connectivity index (χ4n) is 1.43. The highest BCUT2D eigenvalue weighted by Crippen LogP contribution is 2.36. The molecule has 15 heavy (non-hydrogen) atoms. The summed E-state index contributed by atoms with van der Waals surface area (Å²) in [5, 5.41) is 2.14. The Bertz CT molecular complexity index is 445. The van der Waals surface area contributed by atoms with Crippen molar-refractivity contribution in [3.63, 3.8) is 0 Å². The predicted octanol–water partition coefficient (Wildman–Crippen LogP) is 5.30. The van der Waals surface area contributed by atoms with Crippen molar-refractivity contribution >= 4 is 43.2 Å². The van der Waals surface area contributed by atoms with Gasteiger partial charge in [0.1, 0.15) is 0 Å². The summed E-state index contributed by atoms with van der Waals surface area (Å²) in [6.45, 7) is 2.15. The minimum Gasteiger partial charge on any atom is -0.147 e. The molecule has 0 aliphatic rings. The lowest BCUT2D eigenvalue weighted by Crippen LogP contribution is -1.90. The third-order valence-corrected chi connectivity index (χ3v) is 5.20. The van der Waals surface area contributed by atoms with Crippen LogP contribution >= 0.6 is 43.2 Å². The van der Waals surface area contributed by atoms with E-state index in [1.807, 2.05) is 0 Å². The maximum Gasteiger partial charge on any atom is 0.0740 e. The molecule has 0 bridgehead atoms. The van der Waals surface area contributed by atoms with E-state index in [1.54, 1.807) is 11.3 Å². The van der Waals surface area contributed by atoms with Gasteiger partial charge < -0.3 is 0 Å². The Hall–Kier alpha value is -0.120. The van der Waals surface area contributed by atoms with Crippen molar-refractivity contribution in [2.75, 3.05) is 0 Å². The number of hydrogen-bond acceptors (Lipinski definition) is 1. The summed E-state index contributed by atoms with van der Waals surface area (Å²) in [6.07, 6.45) is 0. The smallest absolute Gasteiger partial charge is 0.0740 e.